The van der Waals surface area contributed by atoms with Crippen LogP contribution in [0.2, 0.25) is 0 Å². The van der Waals surface area contributed by atoms with Crippen LogP contribution in [0.25, 0.3) is 0 Å². The molecule has 1 aliphatic heterocycles. The van der Waals surface area contributed by atoms with E-state index in [4.69, 9.17) is 5.73 Å². The lowest BCUT2D eigenvalue weighted by Gasteiger charge is -2.22. The molecule has 1 amide bonds. The lowest BCUT2D eigenvalue weighted by molar-refractivity contribution is 0.0770. The Balaban J connectivity index is 1.55. The number of benzene rings is 1. The zero-order valence-corrected chi connectivity index (χ0v) is 14.0. The molecule has 0 saturated carbocycles. The molecule has 128 valence electrons. The molecule has 2 aromatic rings. The minimum absolute atomic E-state index is 0.0866. The van der Waals surface area contributed by atoms with E-state index in [0.717, 1.165) is 26.1 Å². The highest BCUT2D eigenvalue weighted by Gasteiger charge is 2.26. The lowest BCUT2D eigenvalue weighted by Crippen LogP contribution is -2.33. The molecule has 1 aromatic heterocycles. The summed E-state index contributed by atoms with van der Waals surface area (Å²) in [6.45, 7) is 3.78. The zero-order chi connectivity index (χ0) is 16.9. The summed E-state index contributed by atoms with van der Waals surface area (Å²) in [6, 6.07) is 10.4. The monoisotopic (exact) mass is 328 g/mol. The molecule has 1 aliphatic rings. The third kappa shape index (κ3) is 3.73. The Morgan fingerprint density at radius 2 is 2.17 bits per heavy atom. The summed E-state index contributed by atoms with van der Waals surface area (Å²) in [5.74, 6) is 0.384. The standard InChI is InChI=1S/C17H24N6O/c1-21(17(24)16-13-23(10-8-18)20-19-16)11-14-7-9-22(12-14)15-5-3-2-4-6-15/h2-6,13-14H,7-12,18H2,1H3. The first-order valence-electron chi connectivity index (χ1n) is 8.33. The van der Waals surface area contributed by atoms with Crippen molar-refractivity contribution >= 4 is 11.6 Å². The number of hydrogen-bond acceptors (Lipinski definition) is 5. The molecule has 1 fully saturated rings. The summed E-state index contributed by atoms with van der Waals surface area (Å²) in [6.07, 6.45) is 2.75. The van der Waals surface area contributed by atoms with Crippen LogP contribution in [0.1, 0.15) is 16.9 Å². The Morgan fingerprint density at radius 1 is 1.38 bits per heavy atom. The molecule has 7 nitrogen and oxygen atoms in total. The van der Waals surface area contributed by atoms with Crippen molar-refractivity contribution in [3.63, 3.8) is 0 Å². The van der Waals surface area contributed by atoms with Crippen LogP contribution in [-0.4, -0.2) is 59.0 Å². The molecule has 7 heteroatoms. The number of rotatable bonds is 6. The van der Waals surface area contributed by atoms with E-state index in [0.29, 0.717) is 24.7 Å². The second-order valence-electron chi connectivity index (χ2n) is 6.28. The molecule has 0 radical (unpaired) electrons. The Labute approximate surface area is 142 Å². The molecule has 1 saturated heterocycles. The fraction of sp³-hybridized carbons (Fsp3) is 0.471. The number of hydrogen-bond donors (Lipinski definition) is 1. The highest BCUT2D eigenvalue weighted by molar-refractivity contribution is 5.91. The minimum Gasteiger partial charge on any atom is -0.371 e. The van der Waals surface area contributed by atoms with Crippen molar-refractivity contribution < 1.29 is 4.79 Å². The summed E-state index contributed by atoms with van der Waals surface area (Å²) in [5.41, 5.74) is 7.11. The predicted molar refractivity (Wildman–Crippen MR) is 92.8 cm³/mol. The van der Waals surface area contributed by atoms with Crippen LogP contribution < -0.4 is 10.6 Å². The highest BCUT2D eigenvalue weighted by atomic mass is 16.2. The quantitative estimate of drug-likeness (QED) is 0.850. The van der Waals surface area contributed by atoms with Gasteiger partial charge >= 0.3 is 0 Å². The lowest BCUT2D eigenvalue weighted by atomic mass is 10.1. The van der Waals surface area contributed by atoms with E-state index >= 15 is 0 Å². The van der Waals surface area contributed by atoms with Gasteiger partial charge in [-0.25, -0.2) is 0 Å². The van der Waals surface area contributed by atoms with Crippen LogP contribution >= 0.6 is 0 Å². The van der Waals surface area contributed by atoms with E-state index in [9.17, 15) is 4.79 Å². The highest BCUT2D eigenvalue weighted by Crippen LogP contribution is 2.24. The molecule has 1 unspecified atom stereocenters. The number of carbonyl (C=O) groups is 1. The first-order valence-corrected chi connectivity index (χ1v) is 8.33. The number of carbonyl (C=O) groups excluding carboxylic acids is 1. The molecule has 1 aromatic carbocycles. The molecule has 0 aliphatic carbocycles. The second-order valence-corrected chi connectivity index (χ2v) is 6.28. The molecule has 3 rings (SSSR count). The van der Waals surface area contributed by atoms with Crippen LogP contribution in [0, 0.1) is 5.92 Å². The third-order valence-corrected chi connectivity index (χ3v) is 4.40. The van der Waals surface area contributed by atoms with Gasteiger partial charge in [0.1, 0.15) is 0 Å². The van der Waals surface area contributed by atoms with Crippen LogP contribution in [0.3, 0.4) is 0 Å². The van der Waals surface area contributed by atoms with Gasteiger partial charge in [-0.05, 0) is 24.5 Å². The largest absolute Gasteiger partial charge is 0.371 e. The van der Waals surface area contributed by atoms with E-state index < -0.39 is 0 Å². The van der Waals surface area contributed by atoms with Gasteiger partial charge in [0.15, 0.2) is 5.69 Å². The Hall–Kier alpha value is -2.41. The molecular formula is C17H24N6O. The van der Waals surface area contributed by atoms with E-state index in [1.54, 1.807) is 15.8 Å². The van der Waals surface area contributed by atoms with E-state index in [1.165, 1.54) is 5.69 Å². The van der Waals surface area contributed by atoms with Crippen molar-refractivity contribution in [2.24, 2.45) is 11.7 Å². The number of para-hydroxylation sites is 1. The first kappa shape index (κ1) is 16.4. The summed E-state index contributed by atoms with van der Waals surface area (Å²) < 4.78 is 1.60. The Morgan fingerprint density at radius 3 is 2.92 bits per heavy atom. The third-order valence-electron chi connectivity index (χ3n) is 4.40. The van der Waals surface area contributed by atoms with E-state index in [-0.39, 0.29) is 5.91 Å². The van der Waals surface area contributed by atoms with Gasteiger partial charge in [0, 0.05) is 38.9 Å². The summed E-state index contributed by atoms with van der Waals surface area (Å²) >= 11 is 0. The molecule has 0 spiro atoms. The fourth-order valence-corrected chi connectivity index (χ4v) is 3.16. The maximum atomic E-state index is 12.5. The van der Waals surface area contributed by atoms with Crippen molar-refractivity contribution in [3.8, 4) is 0 Å². The zero-order valence-electron chi connectivity index (χ0n) is 14.0. The second kappa shape index (κ2) is 7.44. The van der Waals surface area contributed by atoms with Gasteiger partial charge in [0.05, 0.1) is 12.7 Å². The smallest absolute Gasteiger partial charge is 0.275 e. The van der Waals surface area contributed by atoms with Crippen molar-refractivity contribution in [2.45, 2.75) is 13.0 Å². The van der Waals surface area contributed by atoms with Crippen LogP contribution in [0.15, 0.2) is 36.5 Å². The average Bonchev–Trinajstić information content (AvgIpc) is 3.25. The summed E-state index contributed by atoms with van der Waals surface area (Å²) in [5, 5.41) is 7.87. The number of nitrogens with two attached hydrogens (primary N) is 1. The Bertz CT molecular complexity index is 671. The molecule has 2 heterocycles. The van der Waals surface area contributed by atoms with Gasteiger partial charge in [-0.1, -0.05) is 23.4 Å². The molecule has 1 atom stereocenters. The number of aromatic nitrogens is 3. The first-order chi connectivity index (χ1) is 11.7. The topological polar surface area (TPSA) is 80.3 Å². The van der Waals surface area contributed by atoms with Gasteiger partial charge < -0.3 is 15.5 Å². The van der Waals surface area contributed by atoms with E-state index in [2.05, 4.69) is 39.5 Å². The van der Waals surface area contributed by atoms with E-state index in [1.807, 2.05) is 13.1 Å². The van der Waals surface area contributed by atoms with Crippen molar-refractivity contribution in [2.75, 3.05) is 38.1 Å². The van der Waals surface area contributed by atoms with Crippen LogP contribution in [0.4, 0.5) is 5.69 Å². The Kier molecular flexibility index (Phi) is 5.10. The minimum atomic E-state index is -0.0866. The van der Waals surface area contributed by atoms with Crippen molar-refractivity contribution in [1.29, 1.82) is 0 Å². The molecule has 2 N–H and O–H groups in total. The normalized spacial score (nSPS) is 17.2. The molecule has 0 bridgehead atoms. The summed E-state index contributed by atoms with van der Waals surface area (Å²) in [7, 11) is 1.83. The van der Waals surface area contributed by atoms with Gasteiger partial charge in [-0.2, -0.15) is 0 Å². The molecule has 24 heavy (non-hydrogen) atoms. The van der Waals surface area contributed by atoms with Gasteiger partial charge in [-0.3, -0.25) is 9.48 Å². The SMILES string of the molecule is CN(CC1CCN(c2ccccc2)C1)C(=O)c1cn(CCN)nn1. The van der Waals surface area contributed by atoms with Crippen molar-refractivity contribution in [3.05, 3.63) is 42.2 Å². The number of anilines is 1. The van der Waals surface area contributed by atoms with Crippen LogP contribution in [0.5, 0.6) is 0 Å². The van der Waals surface area contributed by atoms with Crippen LogP contribution in [-0.2, 0) is 6.54 Å². The average molecular weight is 328 g/mol. The maximum Gasteiger partial charge on any atom is 0.275 e. The predicted octanol–water partition coefficient (Wildman–Crippen LogP) is 0.835. The maximum absolute atomic E-state index is 12.5. The van der Waals surface area contributed by atoms with Gasteiger partial charge in [0.25, 0.3) is 5.91 Å². The van der Waals surface area contributed by atoms with Gasteiger partial charge in [0.2, 0.25) is 0 Å². The van der Waals surface area contributed by atoms with Crippen molar-refractivity contribution in [1.82, 2.24) is 19.9 Å². The van der Waals surface area contributed by atoms with Gasteiger partial charge in [-0.15, -0.1) is 5.10 Å². The fourth-order valence-electron chi connectivity index (χ4n) is 3.16. The summed E-state index contributed by atoms with van der Waals surface area (Å²) in [4.78, 5) is 16.6. The molecular weight excluding hydrogens is 304 g/mol. The number of amides is 1. The number of nitrogens with zero attached hydrogens (tertiary/aromatic N) is 5.